The van der Waals surface area contributed by atoms with Crippen molar-refractivity contribution >= 4 is 6.09 Å². The van der Waals surface area contributed by atoms with Crippen LogP contribution in [0.4, 0.5) is 18.0 Å². The summed E-state index contributed by atoms with van der Waals surface area (Å²) in [5.41, 5.74) is 5.32. The molecule has 0 bridgehead atoms. The summed E-state index contributed by atoms with van der Waals surface area (Å²) in [6.45, 7) is 0.0302. The number of methoxy groups -OCH3 is 1. The van der Waals surface area contributed by atoms with E-state index in [1.54, 1.807) is 0 Å². The number of primary amides is 1. The lowest BCUT2D eigenvalue weighted by Crippen LogP contribution is -2.20. The predicted molar refractivity (Wildman–Crippen MR) is 58.4 cm³/mol. The highest BCUT2D eigenvalue weighted by Gasteiger charge is 2.31. The average molecular weight is 279 g/mol. The van der Waals surface area contributed by atoms with E-state index in [9.17, 15) is 18.0 Å². The molecule has 1 aromatic carbocycles. The lowest BCUT2D eigenvalue weighted by Gasteiger charge is -2.16. The molecule has 0 aromatic heterocycles. The third-order valence-electron chi connectivity index (χ3n) is 2.06. The van der Waals surface area contributed by atoms with E-state index >= 15 is 0 Å². The van der Waals surface area contributed by atoms with Crippen LogP contribution in [0, 0.1) is 0 Å². The summed E-state index contributed by atoms with van der Waals surface area (Å²) in [6.07, 6.45) is -6.54. The summed E-state index contributed by atoms with van der Waals surface area (Å²) in [5, 5.41) is 0. The fourth-order valence-corrected chi connectivity index (χ4v) is 1.37. The second-order valence-corrected chi connectivity index (χ2v) is 3.50. The molecule has 0 saturated heterocycles. The van der Waals surface area contributed by atoms with E-state index in [0.717, 1.165) is 12.1 Å². The molecule has 0 saturated carbocycles. The molecule has 0 aliphatic rings. The van der Waals surface area contributed by atoms with Gasteiger partial charge in [-0.2, -0.15) is 0 Å². The predicted octanol–water partition coefficient (Wildman–Crippen LogP) is 2.37. The first-order valence-electron chi connectivity index (χ1n) is 5.12. The summed E-state index contributed by atoms with van der Waals surface area (Å²) in [5.74, 6) is -0.369. The van der Waals surface area contributed by atoms with Crippen LogP contribution in [0.25, 0.3) is 0 Å². The molecule has 1 unspecified atom stereocenters. The Bertz CT molecular complexity index is 419. The van der Waals surface area contributed by atoms with Crippen molar-refractivity contribution in [3.63, 3.8) is 0 Å². The second-order valence-electron chi connectivity index (χ2n) is 3.50. The fourth-order valence-electron chi connectivity index (χ4n) is 1.37. The second kappa shape index (κ2) is 6.28. The van der Waals surface area contributed by atoms with Crippen molar-refractivity contribution in [2.75, 3.05) is 13.7 Å². The first-order valence-corrected chi connectivity index (χ1v) is 5.12. The minimum atomic E-state index is -4.75. The van der Waals surface area contributed by atoms with Crippen molar-refractivity contribution in [2.45, 2.75) is 12.5 Å². The van der Waals surface area contributed by atoms with Gasteiger partial charge in [0.1, 0.15) is 5.75 Å². The largest absolute Gasteiger partial charge is 0.573 e. The van der Waals surface area contributed by atoms with Crippen LogP contribution in [0.5, 0.6) is 5.75 Å². The molecular weight excluding hydrogens is 267 g/mol. The Morgan fingerprint density at radius 3 is 2.32 bits per heavy atom. The maximum Gasteiger partial charge on any atom is 0.573 e. The number of nitrogens with two attached hydrogens (primary N) is 1. The summed E-state index contributed by atoms with van der Waals surface area (Å²) >= 11 is 0. The van der Waals surface area contributed by atoms with Gasteiger partial charge in [-0.15, -0.1) is 13.2 Å². The van der Waals surface area contributed by atoms with Gasteiger partial charge < -0.3 is 19.9 Å². The zero-order chi connectivity index (χ0) is 14.5. The number of carbonyl (C=O) groups excluding carboxylic acids is 1. The van der Waals surface area contributed by atoms with Gasteiger partial charge in [-0.1, -0.05) is 12.1 Å². The van der Waals surface area contributed by atoms with Crippen molar-refractivity contribution in [3.8, 4) is 5.75 Å². The Morgan fingerprint density at radius 1 is 1.32 bits per heavy atom. The minimum Gasteiger partial charge on any atom is -0.439 e. The highest BCUT2D eigenvalue weighted by atomic mass is 19.4. The number of rotatable bonds is 5. The molecule has 0 spiro atoms. The average Bonchev–Trinajstić information content (AvgIpc) is 2.27. The van der Waals surface area contributed by atoms with Gasteiger partial charge in [-0.3, -0.25) is 0 Å². The van der Waals surface area contributed by atoms with Gasteiger partial charge >= 0.3 is 12.5 Å². The highest BCUT2D eigenvalue weighted by Crippen LogP contribution is 2.25. The summed E-state index contributed by atoms with van der Waals surface area (Å²) < 4.78 is 49.2. The van der Waals surface area contributed by atoms with Gasteiger partial charge in [0, 0.05) is 7.11 Å². The van der Waals surface area contributed by atoms with Crippen LogP contribution in [0.1, 0.15) is 11.7 Å². The molecule has 8 heteroatoms. The van der Waals surface area contributed by atoms with Crippen LogP contribution in [0.2, 0.25) is 0 Å². The normalized spacial score (nSPS) is 12.8. The number of alkyl halides is 3. The third-order valence-corrected chi connectivity index (χ3v) is 2.06. The van der Waals surface area contributed by atoms with Crippen molar-refractivity contribution in [3.05, 3.63) is 29.8 Å². The van der Waals surface area contributed by atoms with Gasteiger partial charge in [-0.05, 0) is 17.7 Å². The Labute approximate surface area is 107 Å². The smallest absolute Gasteiger partial charge is 0.439 e. The van der Waals surface area contributed by atoms with E-state index < -0.39 is 18.6 Å². The Morgan fingerprint density at radius 2 is 1.89 bits per heavy atom. The van der Waals surface area contributed by atoms with Crippen molar-refractivity contribution in [1.29, 1.82) is 0 Å². The van der Waals surface area contributed by atoms with Gasteiger partial charge in [0.05, 0.1) is 6.61 Å². The van der Waals surface area contributed by atoms with Gasteiger partial charge in [0.2, 0.25) is 0 Å². The molecule has 1 atom stereocenters. The zero-order valence-electron chi connectivity index (χ0n) is 9.94. The molecule has 106 valence electrons. The van der Waals surface area contributed by atoms with E-state index in [1.165, 1.54) is 19.2 Å². The number of halogens is 3. The van der Waals surface area contributed by atoms with E-state index in [4.69, 9.17) is 15.2 Å². The molecule has 0 heterocycles. The fraction of sp³-hybridized carbons (Fsp3) is 0.364. The lowest BCUT2D eigenvalue weighted by atomic mass is 10.1. The van der Waals surface area contributed by atoms with Crippen LogP contribution < -0.4 is 10.5 Å². The number of benzene rings is 1. The molecule has 2 N–H and O–H groups in total. The SMILES string of the molecule is COCC(OC(N)=O)c1ccc(OC(F)(F)F)cc1. The number of hydrogen-bond acceptors (Lipinski definition) is 4. The third kappa shape index (κ3) is 5.47. The number of amides is 1. The summed E-state index contributed by atoms with van der Waals surface area (Å²) in [4.78, 5) is 10.7. The molecule has 0 aliphatic heterocycles. The van der Waals surface area contributed by atoms with Crippen LogP contribution in [0.15, 0.2) is 24.3 Å². The number of carbonyl (C=O) groups is 1. The quantitative estimate of drug-likeness (QED) is 0.898. The Hall–Kier alpha value is -1.96. The zero-order valence-corrected chi connectivity index (χ0v) is 9.94. The summed E-state index contributed by atoms with van der Waals surface area (Å²) in [7, 11) is 1.39. The van der Waals surface area contributed by atoms with E-state index in [-0.39, 0.29) is 12.4 Å². The van der Waals surface area contributed by atoms with Crippen LogP contribution in [-0.2, 0) is 9.47 Å². The standard InChI is InChI=1S/C11H12F3NO4/c1-17-6-9(18-10(15)16)7-2-4-8(5-3-7)19-11(12,13)14/h2-5,9H,6H2,1H3,(H2,15,16). The first kappa shape index (κ1) is 15.1. The van der Waals surface area contributed by atoms with E-state index in [0.29, 0.717) is 5.56 Å². The Kier molecular flexibility index (Phi) is 4.99. The number of hydrogen-bond donors (Lipinski definition) is 1. The van der Waals surface area contributed by atoms with Crippen LogP contribution in [-0.4, -0.2) is 26.2 Å². The molecule has 0 radical (unpaired) electrons. The van der Waals surface area contributed by atoms with Crippen molar-refractivity contribution in [2.24, 2.45) is 5.73 Å². The topological polar surface area (TPSA) is 70.8 Å². The molecule has 0 fully saturated rings. The highest BCUT2D eigenvalue weighted by molar-refractivity contribution is 5.65. The molecule has 1 aromatic rings. The van der Waals surface area contributed by atoms with Crippen molar-refractivity contribution < 1.29 is 32.2 Å². The first-order chi connectivity index (χ1) is 8.81. The molecule has 19 heavy (non-hydrogen) atoms. The van der Waals surface area contributed by atoms with Crippen LogP contribution in [0.3, 0.4) is 0 Å². The van der Waals surface area contributed by atoms with Gasteiger partial charge in [0.15, 0.2) is 6.10 Å². The maximum absolute atomic E-state index is 12.0. The van der Waals surface area contributed by atoms with E-state index in [1.807, 2.05) is 0 Å². The van der Waals surface area contributed by atoms with Crippen molar-refractivity contribution in [1.82, 2.24) is 0 Å². The number of ether oxygens (including phenoxy) is 3. The monoisotopic (exact) mass is 279 g/mol. The van der Waals surface area contributed by atoms with Gasteiger partial charge in [-0.25, -0.2) is 4.79 Å². The van der Waals surface area contributed by atoms with Crippen LogP contribution >= 0.6 is 0 Å². The molecule has 5 nitrogen and oxygen atoms in total. The molecule has 1 rings (SSSR count). The summed E-state index contributed by atoms with van der Waals surface area (Å²) in [6, 6.07) is 4.87. The molecule has 1 amide bonds. The lowest BCUT2D eigenvalue weighted by molar-refractivity contribution is -0.274. The maximum atomic E-state index is 12.0. The Balaban J connectivity index is 2.79. The van der Waals surface area contributed by atoms with E-state index in [2.05, 4.69) is 4.74 Å². The molecule has 0 aliphatic carbocycles. The van der Waals surface area contributed by atoms with Gasteiger partial charge in [0.25, 0.3) is 0 Å². The minimum absolute atomic E-state index is 0.0302. The molecular formula is C11H12F3NO4.